The summed E-state index contributed by atoms with van der Waals surface area (Å²) in [4.78, 5) is 3.27. The minimum Gasteiger partial charge on any atom is -0.330 e. The standard InChI is InChI=1S/C15H13BrN2S/c1-9-6-11(16)8-12(7-9)18-14-10(2)4-3-5-13(14)17-15(18)19/h3-8H,1-2H3,(H,17,19). The smallest absolute Gasteiger partial charge is 0.182 e. The zero-order chi connectivity index (χ0) is 13.6. The molecule has 3 aromatic rings. The third-order valence-corrected chi connectivity index (χ3v) is 3.93. The van der Waals surface area contributed by atoms with Crippen LogP contribution >= 0.6 is 28.1 Å². The Morgan fingerprint density at radius 3 is 2.68 bits per heavy atom. The number of imidazole rings is 1. The molecular formula is C15H13BrN2S. The third-order valence-electron chi connectivity index (χ3n) is 3.19. The summed E-state index contributed by atoms with van der Waals surface area (Å²) in [5, 5.41) is 0. The summed E-state index contributed by atoms with van der Waals surface area (Å²) < 4.78 is 3.88. The summed E-state index contributed by atoms with van der Waals surface area (Å²) in [6, 6.07) is 12.5. The number of rotatable bonds is 1. The van der Waals surface area contributed by atoms with E-state index in [0.717, 1.165) is 26.0 Å². The number of benzene rings is 2. The summed E-state index contributed by atoms with van der Waals surface area (Å²) in [5.74, 6) is 0. The van der Waals surface area contributed by atoms with Gasteiger partial charge < -0.3 is 4.98 Å². The van der Waals surface area contributed by atoms with Crippen LogP contribution in [0.4, 0.5) is 0 Å². The molecule has 0 amide bonds. The Morgan fingerprint density at radius 2 is 1.95 bits per heavy atom. The van der Waals surface area contributed by atoms with E-state index >= 15 is 0 Å². The number of hydrogen-bond acceptors (Lipinski definition) is 1. The number of nitrogens with one attached hydrogen (secondary N) is 1. The van der Waals surface area contributed by atoms with Crippen LogP contribution in [0.15, 0.2) is 40.9 Å². The van der Waals surface area contributed by atoms with Crippen molar-refractivity contribution in [2.75, 3.05) is 0 Å². The Hall–Kier alpha value is -1.39. The lowest BCUT2D eigenvalue weighted by molar-refractivity contribution is 1.05. The molecule has 2 aromatic carbocycles. The van der Waals surface area contributed by atoms with Crippen LogP contribution in [0, 0.1) is 18.6 Å². The van der Waals surface area contributed by atoms with Crippen molar-refractivity contribution in [1.82, 2.24) is 9.55 Å². The largest absolute Gasteiger partial charge is 0.330 e. The molecule has 0 aliphatic rings. The van der Waals surface area contributed by atoms with Crippen molar-refractivity contribution in [2.45, 2.75) is 13.8 Å². The molecule has 0 unspecified atom stereocenters. The van der Waals surface area contributed by atoms with Crippen molar-refractivity contribution in [2.24, 2.45) is 0 Å². The van der Waals surface area contributed by atoms with Gasteiger partial charge in [0.1, 0.15) is 0 Å². The molecule has 0 aliphatic heterocycles. The minimum absolute atomic E-state index is 0.724. The zero-order valence-electron chi connectivity index (χ0n) is 10.7. The van der Waals surface area contributed by atoms with E-state index in [9.17, 15) is 0 Å². The highest BCUT2D eigenvalue weighted by atomic mass is 79.9. The number of H-pyrrole nitrogens is 1. The van der Waals surface area contributed by atoms with Crippen LogP contribution in [0.25, 0.3) is 16.7 Å². The predicted molar refractivity (Wildman–Crippen MR) is 85.6 cm³/mol. The summed E-state index contributed by atoms with van der Waals surface area (Å²) in [6.45, 7) is 4.19. The zero-order valence-corrected chi connectivity index (χ0v) is 13.1. The normalized spacial score (nSPS) is 11.1. The fourth-order valence-electron chi connectivity index (χ4n) is 2.42. The molecule has 1 heterocycles. The number of aromatic amines is 1. The Morgan fingerprint density at radius 1 is 1.16 bits per heavy atom. The molecule has 0 saturated carbocycles. The van der Waals surface area contributed by atoms with E-state index in [1.54, 1.807) is 0 Å². The van der Waals surface area contributed by atoms with Gasteiger partial charge in [0.15, 0.2) is 4.77 Å². The summed E-state index contributed by atoms with van der Waals surface area (Å²) in [7, 11) is 0. The van der Waals surface area contributed by atoms with Crippen molar-refractivity contribution in [3.8, 4) is 5.69 Å². The molecule has 0 saturated heterocycles. The van der Waals surface area contributed by atoms with Crippen LogP contribution in [0.3, 0.4) is 0 Å². The minimum atomic E-state index is 0.724. The van der Waals surface area contributed by atoms with Crippen LogP contribution < -0.4 is 0 Å². The lowest BCUT2D eigenvalue weighted by Gasteiger charge is -2.08. The highest BCUT2D eigenvalue weighted by molar-refractivity contribution is 9.10. The maximum Gasteiger partial charge on any atom is 0.182 e. The molecular weight excluding hydrogens is 320 g/mol. The Labute approximate surface area is 125 Å². The Balaban J connectivity index is 2.42. The van der Waals surface area contributed by atoms with E-state index in [2.05, 4.69) is 69.7 Å². The first-order valence-corrected chi connectivity index (χ1v) is 7.24. The van der Waals surface area contributed by atoms with E-state index in [4.69, 9.17) is 12.2 Å². The fourth-order valence-corrected chi connectivity index (χ4v) is 3.32. The number of aryl methyl sites for hydroxylation is 2. The molecule has 0 aliphatic carbocycles. The number of para-hydroxylation sites is 1. The number of nitrogens with zero attached hydrogens (tertiary/aromatic N) is 1. The molecule has 19 heavy (non-hydrogen) atoms. The monoisotopic (exact) mass is 332 g/mol. The number of fused-ring (bicyclic) bond motifs is 1. The Bertz CT molecular complexity index is 810. The molecule has 0 bridgehead atoms. The number of hydrogen-bond donors (Lipinski definition) is 1. The fraction of sp³-hybridized carbons (Fsp3) is 0.133. The SMILES string of the molecule is Cc1cc(Br)cc(-n2c(=S)[nH]c3cccc(C)c32)c1. The average Bonchev–Trinajstić information content (AvgIpc) is 2.65. The van der Waals surface area contributed by atoms with Crippen molar-refractivity contribution in [3.63, 3.8) is 0 Å². The highest BCUT2D eigenvalue weighted by Crippen LogP contribution is 2.25. The second kappa shape index (κ2) is 4.62. The molecule has 96 valence electrons. The van der Waals surface area contributed by atoms with E-state index in [1.165, 1.54) is 11.1 Å². The van der Waals surface area contributed by atoms with Gasteiger partial charge in [-0.05, 0) is 61.5 Å². The van der Waals surface area contributed by atoms with Crippen LogP contribution in [0.1, 0.15) is 11.1 Å². The summed E-state index contributed by atoms with van der Waals surface area (Å²) in [6.07, 6.45) is 0. The molecule has 4 heteroatoms. The molecule has 0 fully saturated rings. The van der Waals surface area contributed by atoms with Crippen molar-refractivity contribution in [3.05, 3.63) is 56.8 Å². The highest BCUT2D eigenvalue weighted by Gasteiger charge is 2.09. The van der Waals surface area contributed by atoms with E-state index < -0.39 is 0 Å². The molecule has 0 spiro atoms. The second-order valence-electron chi connectivity index (χ2n) is 4.72. The van der Waals surface area contributed by atoms with Crippen LogP contribution in [0.2, 0.25) is 0 Å². The molecule has 2 nitrogen and oxygen atoms in total. The first-order valence-electron chi connectivity index (χ1n) is 6.04. The summed E-state index contributed by atoms with van der Waals surface area (Å²) >= 11 is 9.02. The van der Waals surface area contributed by atoms with E-state index in [0.29, 0.717) is 0 Å². The molecule has 3 rings (SSSR count). The first kappa shape index (κ1) is 12.6. The van der Waals surface area contributed by atoms with E-state index in [-0.39, 0.29) is 0 Å². The van der Waals surface area contributed by atoms with Gasteiger partial charge in [-0.2, -0.15) is 0 Å². The van der Waals surface area contributed by atoms with Gasteiger partial charge in [0, 0.05) is 10.2 Å². The number of halogens is 1. The maximum absolute atomic E-state index is 5.47. The lowest BCUT2D eigenvalue weighted by atomic mass is 10.2. The van der Waals surface area contributed by atoms with Crippen molar-refractivity contribution >= 4 is 39.2 Å². The molecule has 1 aromatic heterocycles. The second-order valence-corrected chi connectivity index (χ2v) is 6.03. The lowest BCUT2D eigenvalue weighted by Crippen LogP contribution is -1.96. The molecule has 0 radical (unpaired) electrons. The summed E-state index contributed by atoms with van der Waals surface area (Å²) in [5.41, 5.74) is 5.71. The quantitative estimate of drug-likeness (QED) is 0.617. The van der Waals surface area contributed by atoms with Gasteiger partial charge in [-0.25, -0.2) is 0 Å². The van der Waals surface area contributed by atoms with Crippen LogP contribution in [-0.2, 0) is 0 Å². The van der Waals surface area contributed by atoms with Gasteiger partial charge in [-0.1, -0.05) is 28.1 Å². The van der Waals surface area contributed by atoms with Gasteiger partial charge in [0.25, 0.3) is 0 Å². The van der Waals surface area contributed by atoms with Gasteiger partial charge in [0.05, 0.1) is 11.0 Å². The third kappa shape index (κ3) is 2.15. The predicted octanol–water partition coefficient (Wildman–Crippen LogP) is 5.07. The first-order chi connectivity index (χ1) is 9.06. The van der Waals surface area contributed by atoms with Crippen molar-refractivity contribution < 1.29 is 0 Å². The van der Waals surface area contributed by atoms with E-state index in [1.807, 2.05) is 6.07 Å². The van der Waals surface area contributed by atoms with Gasteiger partial charge >= 0.3 is 0 Å². The van der Waals surface area contributed by atoms with Crippen molar-refractivity contribution in [1.29, 1.82) is 0 Å². The van der Waals surface area contributed by atoms with Gasteiger partial charge in [0.2, 0.25) is 0 Å². The average molecular weight is 333 g/mol. The maximum atomic E-state index is 5.47. The molecule has 1 N–H and O–H groups in total. The van der Waals surface area contributed by atoms with Gasteiger partial charge in [-0.3, -0.25) is 4.57 Å². The Kier molecular flexibility index (Phi) is 3.07. The van der Waals surface area contributed by atoms with Gasteiger partial charge in [-0.15, -0.1) is 0 Å². The number of aromatic nitrogens is 2. The topological polar surface area (TPSA) is 20.7 Å². The molecule has 0 atom stereocenters. The van der Waals surface area contributed by atoms with Crippen LogP contribution in [0.5, 0.6) is 0 Å². The van der Waals surface area contributed by atoms with Crippen LogP contribution in [-0.4, -0.2) is 9.55 Å².